The number of piperidine rings is 1. The van der Waals surface area contributed by atoms with Crippen molar-refractivity contribution in [2.45, 2.75) is 56.8 Å². The molecular weight excluding hydrogens is 234 g/mol. The number of rotatable bonds is 2. The second-order valence-electron chi connectivity index (χ2n) is 5.97. The van der Waals surface area contributed by atoms with Crippen molar-refractivity contribution >= 4 is 0 Å². The first-order valence-corrected chi connectivity index (χ1v) is 7.22. The highest BCUT2D eigenvalue weighted by Crippen LogP contribution is 2.40. The average Bonchev–Trinajstić information content (AvgIpc) is 2.70. The largest absolute Gasteiger partial charge is 0.328 e. The highest BCUT2D eigenvalue weighted by molar-refractivity contribution is 5.33. The molecule has 2 aliphatic heterocycles. The van der Waals surface area contributed by atoms with Gasteiger partial charge in [-0.3, -0.25) is 4.90 Å². The van der Waals surface area contributed by atoms with E-state index in [1.165, 1.54) is 18.4 Å². The van der Waals surface area contributed by atoms with Crippen LogP contribution in [0, 0.1) is 11.3 Å². The Morgan fingerprint density at radius 1 is 1.21 bits per heavy atom. The minimum absolute atomic E-state index is 0.391. The molecule has 2 aliphatic rings. The van der Waals surface area contributed by atoms with Crippen LogP contribution >= 0.6 is 0 Å². The fraction of sp³-hybridized carbons (Fsp3) is 0.562. The van der Waals surface area contributed by atoms with Crippen molar-refractivity contribution < 1.29 is 0 Å². The van der Waals surface area contributed by atoms with Gasteiger partial charge in [-0.2, -0.15) is 5.26 Å². The van der Waals surface area contributed by atoms with Gasteiger partial charge in [0.1, 0.15) is 0 Å². The maximum Gasteiger partial charge on any atom is 0.0991 e. The minimum atomic E-state index is 0.391. The van der Waals surface area contributed by atoms with Crippen molar-refractivity contribution in [3.8, 4) is 6.07 Å². The van der Waals surface area contributed by atoms with Gasteiger partial charge in [0, 0.05) is 24.2 Å². The highest BCUT2D eigenvalue weighted by Gasteiger charge is 2.41. The number of fused-ring (bicyclic) bond motifs is 2. The van der Waals surface area contributed by atoms with Gasteiger partial charge in [0.25, 0.3) is 0 Å². The molecule has 0 radical (unpaired) electrons. The predicted octanol–water partition coefficient (Wildman–Crippen LogP) is 2.57. The number of benzene rings is 1. The maximum atomic E-state index is 8.86. The van der Waals surface area contributed by atoms with E-state index in [4.69, 9.17) is 11.0 Å². The molecule has 19 heavy (non-hydrogen) atoms. The predicted molar refractivity (Wildman–Crippen MR) is 75.4 cm³/mol. The lowest BCUT2D eigenvalue weighted by molar-refractivity contribution is 0.0854. The molecule has 1 aromatic rings. The summed E-state index contributed by atoms with van der Waals surface area (Å²) in [6.45, 7) is 2.28. The molecule has 2 heterocycles. The van der Waals surface area contributed by atoms with E-state index < -0.39 is 0 Å². The van der Waals surface area contributed by atoms with Gasteiger partial charge in [0.15, 0.2) is 0 Å². The van der Waals surface area contributed by atoms with Crippen LogP contribution in [0.3, 0.4) is 0 Å². The molecule has 1 aromatic carbocycles. The molecule has 0 saturated carbocycles. The Morgan fingerprint density at radius 3 is 2.32 bits per heavy atom. The lowest BCUT2D eigenvalue weighted by atomic mass is 9.94. The quantitative estimate of drug-likeness (QED) is 0.883. The first-order valence-electron chi connectivity index (χ1n) is 7.22. The molecule has 2 bridgehead atoms. The SMILES string of the molecule is CC(c1ccc(C#N)cc1)N1C2CCC1CC(N)C2. The average molecular weight is 255 g/mol. The van der Waals surface area contributed by atoms with Crippen LogP contribution < -0.4 is 5.73 Å². The molecule has 3 nitrogen and oxygen atoms in total. The first kappa shape index (κ1) is 12.7. The van der Waals surface area contributed by atoms with Crippen LogP contribution in [0.15, 0.2) is 24.3 Å². The summed E-state index contributed by atoms with van der Waals surface area (Å²) in [5.74, 6) is 0. The van der Waals surface area contributed by atoms with E-state index in [1.807, 2.05) is 12.1 Å². The van der Waals surface area contributed by atoms with Crippen LogP contribution in [0.2, 0.25) is 0 Å². The molecular formula is C16H21N3. The van der Waals surface area contributed by atoms with Crippen LogP contribution in [0.1, 0.15) is 49.8 Å². The van der Waals surface area contributed by atoms with Crippen LogP contribution in [-0.2, 0) is 0 Å². The molecule has 3 heteroatoms. The Balaban J connectivity index is 1.80. The van der Waals surface area contributed by atoms with Gasteiger partial charge >= 0.3 is 0 Å². The molecule has 2 saturated heterocycles. The van der Waals surface area contributed by atoms with E-state index >= 15 is 0 Å². The van der Waals surface area contributed by atoms with E-state index in [0.29, 0.717) is 24.2 Å². The van der Waals surface area contributed by atoms with E-state index in [2.05, 4.69) is 30.0 Å². The van der Waals surface area contributed by atoms with Gasteiger partial charge in [-0.05, 0) is 50.3 Å². The maximum absolute atomic E-state index is 8.86. The number of nitrogens with zero attached hydrogens (tertiary/aromatic N) is 2. The summed E-state index contributed by atoms with van der Waals surface area (Å²) in [6.07, 6.45) is 4.85. The number of hydrogen-bond acceptors (Lipinski definition) is 3. The van der Waals surface area contributed by atoms with Crippen LogP contribution in [0.25, 0.3) is 0 Å². The summed E-state index contributed by atoms with van der Waals surface area (Å²) in [6, 6.07) is 12.3. The van der Waals surface area contributed by atoms with Crippen molar-refractivity contribution in [3.63, 3.8) is 0 Å². The zero-order valence-corrected chi connectivity index (χ0v) is 11.4. The molecule has 2 N–H and O–H groups in total. The molecule has 3 rings (SSSR count). The highest BCUT2D eigenvalue weighted by atomic mass is 15.2. The van der Waals surface area contributed by atoms with E-state index in [-0.39, 0.29) is 0 Å². The summed E-state index contributed by atoms with van der Waals surface area (Å²) in [4.78, 5) is 2.66. The lowest BCUT2D eigenvalue weighted by Gasteiger charge is -2.41. The Bertz CT molecular complexity index is 474. The molecule has 3 atom stereocenters. The molecule has 0 amide bonds. The van der Waals surface area contributed by atoms with Crippen LogP contribution in [0.4, 0.5) is 0 Å². The second-order valence-corrected chi connectivity index (χ2v) is 5.97. The van der Waals surface area contributed by atoms with Gasteiger partial charge in [0.2, 0.25) is 0 Å². The summed E-state index contributed by atoms with van der Waals surface area (Å²) >= 11 is 0. The topological polar surface area (TPSA) is 53.0 Å². The number of hydrogen-bond donors (Lipinski definition) is 1. The zero-order chi connectivity index (χ0) is 13.4. The number of nitrogens with two attached hydrogens (primary N) is 1. The van der Waals surface area contributed by atoms with E-state index in [9.17, 15) is 0 Å². The second kappa shape index (κ2) is 4.96. The van der Waals surface area contributed by atoms with Gasteiger partial charge in [-0.15, -0.1) is 0 Å². The van der Waals surface area contributed by atoms with Crippen molar-refractivity contribution in [3.05, 3.63) is 35.4 Å². The lowest BCUT2D eigenvalue weighted by Crippen LogP contribution is -2.48. The normalized spacial score (nSPS) is 31.9. The first-order chi connectivity index (χ1) is 9.19. The molecule has 0 aliphatic carbocycles. The van der Waals surface area contributed by atoms with Crippen molar-refractivity contribution in [1.82, 2.24) is 4.90 Å². The Hall–Kier alpha value is -1.37. The zero-order valence-electron chi connectivity index (χ0n) is 11.4. The summed E-state index contributed by atoms with van der Waals surface area (Å²) in [5, 5.41) is 8.86. The monoisotopic (exact) mass is 255 g/mol. The Kier molecular flexibility index (Phi) is 3.30. The molecule has 100 valence electrons. The number of nitriles is 1. The Morgan fingerprint density at radius 2 is 1.79 bits per heavy atom. The minimum Gasteiger partial charge on any atom is -0.328 e. The van der Waals surface area contributed by atoms with Crippen molar-refractivity contribution in [2.24, 2.45) is 5.73 Å². The van der Waals surface area contributed by atoms with Gasteiger partial charge < -0.3 is 5.73 Å². The van der Waals surface area contributed by atoms with Crippen molar-refractivity contribution in [1.29, 1.82) is 5.26 Å². The summed E-state index contributed by atoms with van der Waals surface area (Å²) in [7, 11) is 0. The summed E-state index contributed by atoms with van der Waals surface area (Å²) in [5.41, 5.74) is 8.18. The van der Waals surface area contributed by atoms with Crippen molar-refractivity contribution in [2.75, 3.05) is 0 Å². The fourth-order valence-electron chi connectivity index (χ4n) is 3.90. The molecule has 2 fully saturated rings. The third kappa shape index (κ3) is 2.27. The van der Waals surface area contributed by atoms with E-state index in [1.54, 1.807) is 0 Å². The third-order valence-corrected chi connectivity index (χ3v) is 4.80. The standard InChI is InChI=1S/C16H21N3/c1-11(13-4-2-12(10-17)3-5-13)19-15-6-7-16(19)9-14(18)8-15/h2-5,11,14-16H,6-9,18H2,1H3. The summed E-state index contributed by atoms with van der Waals surface area (Å²) < 4.78 is 0. The fourth-order valence-corrected chi connectivity index (χ4v) is 3.90. The van der Waals surface area contributed by atoms with Gasteiger partial charge in [0.05, 0.1) is 11.6 Å². The molecule has 0 aromatic heterocycles. The Labute approximate surface area is 115 Å². The van der Waals surface area contributed by atoms with Crippen LogP contribution in [-0.4, -0.2) is 23.0 Å². The smallest absolute Gasteiger partial charge is 0.0991 e. The van der Waals surface area contributed by atoms with Gasteiger partial charge in [-0.1, -0.05) is 12.1 Å². The van der Waals surface area contributed by atoms with E-state index in [0.717, 1.165) is 18.4 Å². The molecule has 3 unspecified atom stereocenters. The van der Waals surface area contributed by atoms with Crippen LogP contribution in [0.5, 0.6) is 0 Å². The molecule has 0 spiro atoms. The van der Waals surface area contributed by atoms with Gasteiger partial charge in [-0.25, -0.2) is 0 Å². The third-order valence-electron chi connectivity index (χ3n) is 4.80.